The molecule has 0 radical (unpaired) electrons. The molecule has 3 rings (SSSR count). The molecule has 1 aromatic carbocycles. The van der Waals surface area contributed by atoms with Crippen molar-refractivity contribution in [1.29, 1.82) is 0 Å². The van der Waals surface area contributed by atoms with Crippen LogP contribution in [0.1, 0.15) is 27.2 Å². The molecule has 25 heavy (non-hydrogen) atoms. The molecule has 0 fully saturated rings. The monoisotopic (exact) mass is 342 g/mol. The molecule has 0 saturated heterocycles. The molecule has 1 atom stereocenters. The Morgan fingerprint density at radius 1 is 1.32 bits per heavy atom. The summed E-state index contributed by atoms with van der Waals surface area (Å²) in [5.41, 5.74) is 2.89. The predicted molar refractivity (Wildman–Crippen MR) is 95.8 cm³/mol. The maximum atomic E-state index is 12.7. The van der Waals surface area contributed by atoms with Crippen LogP contribution in [0.5, 0.6) is 0 Å². The summed E-state index contributed by atoms with van der Waals surface area (Å²) in [6, 6.07) is 5.30. The van der Waals surface area contributed by atoms with Crippen LogP contribution >= 0.6 is 0 Å². The minimum atomic E-state index is -1.02. The van der Waals surface area contributed by atoms with Crippen LogP contribution < -0.4 is 9.80 Å². The fourth-order valence-corrected chi connectivity index (χ4v) is 3.22. The molecule has 1 aliphatic rings. The van der Waals surface area contributed by atoms with Gasteiger partial charge in [-0.05, 0) is 30.5 Å². The van der Waals surface area contributed by atoms with Crippen LogP contribution in [-0.4, -0.2) is 39.9 Å². The van der Waals surface area contributed by atoms with Crippen LogP contribution in [0.4, 0.5) is 16.2 Å². The lowest BCUT2D eigenvalue weighted by molar-refractivity contribution is -0.119. The summed E-state index contributed by atoms with van der Waals surface area (Å²) in [6.07, 6.45) is 2.84. The summed E-state index contributed by atoms with van der Waals surface area (Å²) in [5.74, 6) is 0.260. The number of aromatic amines is 1. The fraction of sp³-hybridized carbons (Fsp3) is 0.389. The molecule has 2 N–H and O–H groups in total. The van der Waals surface area contributed by atoms with E-state index >= 15 is 0 Å². The summed E-state index contributed by atoms with van der Waals surface area (Å²) in [4.78, 5) is 27.5. The molecule has 132 valence electrons. The van der Waals surface area contributed by atoms with Crippen LogP contribution in [0, 0.1) is 5.92 Å². The van der Waals surface area contributed by atoms with Crippen molar-refractivity contribution < 1.29 is 14.7 Å². The van der Waals surface area contributed by atoms with Crippen LogP contribution in [0.2, 0.25) is 0 Å². The number of rotatable bonds is 3. The van der Waals surface area contributed by atoms with Crippen LogP contribution in [0.15, 0.2) is 30.6 Å². The highest BCUT2D eigenvalue weighted by atomic mass is 16.4. The highest BCUT2D eigenvalue weighted by Gasteiger charge is 2.35. The molecule has 2 aromatic rings. The number of nitrogens with one attached hydrogen (secondary N) is 1. The van der Waals surface area contributed by atoms with E-state index in [0.717, 1.165) is 11.1 Å². The number of carboxylic acid groups (broad SMARTS) is 1. The topological polar surface area (TPSA) is 89.5 Å². The van der Waals surface area contributed by atoms with E-state index in [9.17, 15) is 14.7 Å². The molecule has 7 heteroatoms. The van der Waals surface area contributed by atoms with Gasteiger partial charge in [0.1, 0.15) is 0 Å². The zero-order valence-electron chi connectivity index (χ0n) is 14.6. The van der Waals surface area contributed by atoms with Crippen molar-refractivity contribution in [2.75, 3.05) is 16.3 Å². The predicted octanol–water partition coefficient (Wildman–Crippen LogP) is 3.34. The lowest BCUT2D eigenvalue weighted by Gasteiger charge is -2.40. The van der Waals surface area contributed by atoms with Gasteiger partial charge < -0.3 is 10.0 Å². The van der Waals surface area contributed by atoms with E-state index in [-0.39, 0.29) is 24.4 Å². The summed E-state index contributed by atoms with van der Waals surface area (Å²) in [6.45, 7) is 6.13. The number of amides is 2. The molecule has 2 heterocycles. The van der Waals surface area contributed by atoms with Gasteiger partial charge in [-0.2, -0.15) is 5.10 Å². The first-order valence-corrected chi connectivity index (χ1v) is 8.34. The Bertz CT molecular complexity index is 786. The first-order chi connectivity index (χ1) is 11.9. The molecule has 1 aliphatic heterocycles. The van der Waals surface area contributed by atoms with E-state index in [1.807, 2.05) is 32.9 Å². The highest BCUT2D eigenvalue weighted by Crippen LogP contribution is 2.39. The van der Waals surface area contributed by atoms with E-state index < -0.39 is 6.09 Å². The zero-order valence-corrected chi connectivity index (χ0v) is 14.6. The molecule has 2 amide bonds. The Hall–Kier alpha value is -2.83. The largest absolute Gasteiger partial charge is 0.465 e. The standard InChI is InChI=1S/C18H22N4O3/c1-11(2)6-17(23)22-12(3)10-21(18(24)25)16-7-13(4-5-15(16)22)14-8-19-20-9-14/h4-5,7-9,11-12H,6,10H2,1-3H3,(H,19,20)(H,24,25)/t12-/m0/s1. The number of carbonyl (C=O) groups excluding carboxylic acids is 1. The van der Waals surface area contributed by atoms with Crippen LogP contribution in [0.3, 0.4) is 0 Å². The van der Waals surface area contributed by atoms with Gasteiger partial charge in [0.2, 0.25) is 5.91 Å². The third kappa shape index (κ3) is 3.22. The number of carbonyl (C=O) groups is 2. The minimum Gasteiger partial charge on any atom is -0.465 e. The van der Waals surface area contributed by atoms with Gasteiger partial charge in [0.05, 0.1) is 23.6 Å². The van der Waals surface area contributed by atoms with E-state index in [2.05, 4.69) is 10.2 Å². The Kier molecular flexibility index (Phi) is 4.48. The third-order valence-corrected chi connectivity index (χ3v) is 4.33. The van der Waals surface area contributed by atoms with E-state index in [0.29, 0.717) is 17.8 Å². The Labute approximate surface area is 146 Å². The Morgan fingerprint density at radius 3 is 2.68 bits per heavy atom. The van der Waals surface area contributed by atoms with Crippen molar-refractivity contribution >= 4 is 23.4 Å². The number of aromatic nitrogens is 2. The van der Waals surface area contributed by atoms with E-state index in [4.69, 9.17) is 0 Å². The highest BCUT2D eigenvalue weighted by molar-refractivity contribution is 6.03. The maximum Gasteiger partial charge on any atom is 0.411 e. The minimum absolute atomic E-state index is 0.0184. The normalized spacial score (nSPS) is 16.9. The third-order valence-electron chi connectivity index (χ3n) is 4.33. The second-order valence-corrected chi connectivity index (χ2v) is 6.79. The van der Waals surface area contributed by atoms with Gasteiger partial charge in [0, 0.05) is 24.7 Å². The quantitative estimate of drug-likeness (QED) is 0.895. The Morgan fingerprint density at radius 2 is 2.08 bits per heavy atom. The number of hydrogen-bond acceptors (Lipinski definition) is 3. The van der Waals surface area contributed by atoms with Gasteiger partial charge in [0.25, 0.3) is 0 Å². The molecule has 0 spiro atoms. The summed E-state index contributed by atoms with van der Waals surface area (Å²) in [5, 5.41) is 16.3. The number of fused-ring (bicyclic) bond motifs is 1. The number of benzene rings is 1. The van der Waals surface area contributed by atoms with Crippen LogP contribution in [-0.2, 0) is 4.79 Å². The van der Waals surface area contributed by atoms with Gasteiger partial charge in [-0.25, -0.2) is 4.79 Å². The van der Waals surface area contributed by atoms with Gasteiger partial charge in [-0.1, -0.05) is 19.9 Å². The first kappa shape index (κ1) is 17.0. The molecule has 0 aliphatic carbocycles. The second kappa shape index (κ2) is 6.58. The number of nitrogens with zero attached hydrogens (tertiary/aromatic N) is 3. The Balaban J connectivity index is 2.08. The molecule has 0 bridgehead atoms. The fourth-order valence-electron chi connectivity index (χ4n) is 3.22. The van der Waals surface area contributed by atoms with Crippen molar-refractivity contribution in [3.63, 3.8) is 0 Å². The first-order valence-electron chi connectivity index (χ1n) is 8.34. The second-order valence-electron chi connectivity index (χ2n) is 6.79. The smallest absolute Gasteiger partial charge is 0.411 e. The average Bonchev–Trinajstić information content (AvgIpc) is 3.07. The van der Waals surface area contributed by atoms with Gasteiger partial charge in [-0.15, -0.1) is 0 Å². The molecular weight excluding hydrogens is 320 g/mol. The van der Waals surface area contributed by atoms with E-state index in [1.54, 1.807) is 23.4 Å². The number of hydrogen-bond donors (Lipinski definition) is 2. The van der Waals surface area contributed by atoms with Crippen LogP contribution in [0.25, 0.3) is 11.1 Å². The van der Waals surface area contributed by atoms with Crippen molar-refractivity contribution in [3.8, 4) is 11.1 Å². The maximum absolute atomic E-state index is 12.7. The lowest BCUT2D eigenvalue weighted by atomic mass is 10.0. The lowest BCUT2D eigenvalue weighted by Crippen LogP contribution is -2.51. The van der Waals surface area contributed by atoms with Crippen molar-refractivity contribution in [3.05, 3.63) is 30.6 Å². The van der Waals surface area contributed by atoms with Crippen molar-refractivity contribution in [2.45, 2.75) is 33.2 Å². The van der Waals surface area contributed by atoms with Crippen molar-refractivity contribution in [2.24, 2.45) is 5.92 Å². The summed E-state index contributed by atoms with van der Waals surface area (Å²) in [7, 11) is 0. The summed E-state index contributed by atoms with van der Waals surface area (Å²) < 4.78 is 0. The van der Waals surface area contributed by atoms with Gasteiger partial charge in [0.15, 0.2) is 0 Å². The number of anilines is 2. The molecule has 0 unspecified atom stereocenters. The molecule has 7 nitrogen and oxygen atoms in total. The molecule has 1 aromatic heterocycles. The van der Waals surface area contributed by atoms with Crippen molar-refractivity contribution in [1.82, 2.24) is 10.2 Å². The number of H-pyrrole nitrogens is 1. The molecular formula is C18H22N4O3. The SMILES string of the molecule is CC(C)CC(=O)N1c2ccc(-c3cn[nH]c3)cc2N(C(=O)O)C[C@@H]1C. The van der Waals surface area contributed by atoms with Gasteiger partial charge >= 0.3 is 6.09 Å². The average molecular weight is 342 g/mol. The zero-order chi connectivity index (χ0) is 18.1. The summed E-state index contributed by atoms with van der Waals surface area (Å²) >= 11 is 0. The van der Waals surface area contributed by atoms with Gasteiger partial charge in [-0.3, -0.25) is 14.8 Å². The molecule has 0 saturated carbocycles. The van der Waals surface area contributed by atoms with E-state index in [1.165, 1.54) is 4.90 Å².